The van der Waals surface area contributed by atoms with Crippen molar-refractivity contribution >= 4 is 21.7 Å². The maximum absolute atomic E-state index is 12.5. The van der Waals surface area contributed by atoms with Gasteiger partial charge in [-0.1, -0.05) is 30.3 Å². The van der Waals surface area contributed by atoms with Crippen LogP contribution in [-0.4, -0.2) is 12.9 Å². The Morgan fingerprint density at radius 1 is 1.19 bits per heavy atom. The van der Waals surface area contributed by atoms with Crippen LogP contribution in [0.15, 0.2) is 46.9 Å². The number of ketones is 1. The molecule has 0 bridgehead atoms. The van der Waals surface area contributed by atoms with E-state index in [1.165, 1.54) is 11.1 Å². The van der Waals surface area contributed by atoms with E-state index in [0.29, 0.717) is 12.2 Å². The minimum atomic E-state index is 0.128. The van der Waals surface area contributed by atoms with Crippen LogP contribution in [0.25, 0.3) is 0 Å². The summed E-state index contributed by atoms with van der Waals surface area (Å²) in [5.41, 5.74) is 3.68. The molecular weight excluding hydrogens is 328 g/mol. The monoisotopic (exact) mass is 344 g/mol. The molecule has 0 unspecified atom stereocenters. The van der Waals surface area contributed by atoms with Crippen LogP contribution in [-0.2, 0) is 24.1 Å². The van der Waals surface area contributed by atoms with Crippen molar-refractivity contribution in [2.45, 2.75) is 19.3 Å². The fourth-order valence-corrected chi connectivity index (χ4v) is 3.54. The van der Waals surface area contributed by atoms with Gasteiger partial charge in [0.15, 0.2) is 0 Å². The molecule has 3 rings (SSSR count). The molecule has 3 heteroatoms. The van der Waals surface area contributed by atoms with Crippen molar-refractivity contribution in [1.82, 2.24) is 0 Å². The number of rotatable bonds is 4. The van der Waals surface area contributed by atoms with Crippen LogP contribution in [0, 0.1) is 5.92 Å². The molecule has 2 aromatic rings. The van der Waals surface area contributed by atoms with Crippen molar-refractivity contribution in [3.05, 3.63) is 63.6 Å². The number of hydrogen-bond donors (Lipinski definition) is 0. The summed E-state index contributed by atoms with van der Waals surface area (Å²) in [5, 5.41) is 0. The molecule has 2 nitrogen and oxygen atoms in total. The number of fused-ring (bicyclic) bond motifs is 1. The second-order valence-electron chi connectivity index (χ2n) is 5.49. The number of hydrogen-bond acceptors (Lipinski definition) is 2. The van der Waals surface area contributed by atoms with Crippen molar-refractivity contribution < 1.29 is 9.53 Å². The highest BCUT2D eigenvalue weighted by Gasteiger charge is 2.26. The molecule has 0 N–H and O–H groups in total. The number of carbonyl (C=O) groups excluding carboxylic acids is 1. The van der Waals surface area contributed by atoms with Gasteiger partial charge in [-0.15, -0.1) is 0 Å². The number of ether oxygens (including phenoxy) is 1. The number of benzene rings is 2. The molecule has 2 aromatic carbocycles. The average Bonchev–Trinajstić information content (AvgIpc) is 2.91. The van der Waals surface area contributed by atoms with Crippen molar-refractivity contribution in [3.63, 3.8) is 0 Å². The minimum absolute atomic E-state index is 0.128. The molecule has 0 saturated heterocycles. The first-order chi connectivity index (χ1) is 10.2. The Hall–Kier alpha value is -1.61. The zero-order valence-electron chi connectivity index (χ0n) is 11.9. The van der Waals surface area contributed by atoms with Crippen LogP contribution in [0.5, 0.6) is 5.75 Å². The molecule has 0 spiro atoms. The Kier molecular flexibility index (Phi) is 4.11. The van der Waals surface area contributed by atoms with E-state index in [9.17, 15) is 4.79 Å². The van der Waals surface area contributed by atoms with Gasteiger partial charge in [0.25, 0.3) is 0 Å². The van der Waals surface area contributed by atoms with E-state index in [2.05, 4.69) is 28.1 Å². The molecular formula is C18H17BrO2. The number of methoxy groups -OCH3 is 1. The van der Waals surface area contributed by atoms with Crippen LogP contribution >= 0.6 is 15.9 Å². The first kappa shape index (κ1) is 14.3. The van der Waals surface area contributed by atoms with Crippen molar-refractivity contribution in [2.24, 2.45) is 5.92 Å². The van der Waals surface area contributed by atoms with E-state index >= 15 is 0 Å². The van der Waals surface area contributed by atoms with E-state index in [1.54, 1.807) is 7.11 Å². The van der Waals surface area contributed by atoms with Gasteiger partial charge in [-0.25, -0.2) is 0 Å². The van der Waals surface area contributed by atoms with Crippen LogP contribution < -0.4 is 4.74 Å². The third-order valence-electron chi connectivity index (χ3n) is 4.10. The third kappa shape index (κ3) is 3.03. The topological polar surface area (TPSA) is 26.3 Å². The van der Waals surface area contributed by atoms with E-state index < -0.39 is 0 Å². The zero-order valence-corrected chi connectivity index (χ0v) is 13.5. The summed E-state index contributed by atoms with van der Waals surface area (Å²) in [7, 11) is 1.64. The average molecular weight is 345 g/mol. The molecule has 0 amide bonds. The largest absolute Gasteiger partial charge is 0.496 e. The summed E-state index contributed by atoms with van der Waals surface area (Å²) in [6.45, 7) is 0. The second kappa shape index (κ2) is 6.02. The second-order valence-corrected chi connectivity index (χ2v) is 6.34. The smallest absolute Gasteiger partial charge is 0.140 e. The first-order valence-electron chi connectivity index (χ1n) is 7.09. The highest BCUT2D eigenvalue weighted by atomic mass is 79.9. The molecule has 21 heavy (non-hydrogen) atoms. The lowest BCUT2D eigenvalue weighted by Crippen LogP contribution is -2.17. The summed E-state index contributed by atoms with van der Waals surface area (Å²) < 4.78 is 6.11. The highest BCUT2D eigenvalue weighted by Crippen LogP contribution is 2.29. The lowest BCUT2D eigenvalue weighted by atomic mass is 9.95. The van der Waals surface area contributed by atoms with E-state index in [1.807, 2.05) is 30.3 Å². The summed E-state index contributed by atoms with van der Waals surface area (Å²) >= 11 is 3.47. The van der Waals surface area contributed by atoms with Crippen LogP contribution in [0.4, 0.5) is 0 Å². The summed E-state index contributed by atoms with van der Waals surface area (Å²) in [6, 6.07) is 14.2. The van der Waals surface area contributed by atoms with E-state index in [-0.39, 0.29) is 5.92 Å². The Balaban J connectivity index is 1.69. The normalized spacial score (nSPS) is 14.0. The summed E-state index contributed by atoms with van der Waals surface area (Å²) in [4.78, 5) is 12.5. The van der Waals surface area contributed by atoms with Gasteiger partial charge in [0.1, 0.15) is 11.5 Å². The molecule has 0 aliphatic heterocycles. The van der Waals surface area contributed by atoms with Crippen molar-refractivity contribution in [2.75, 3.05) is 7.11 Å². The number of carbonyl (C=O) groups is 1. The predicted octanol–water partition coefficient (Wildman–Crippen LogP) is 3.98. The molecule has 108 valence electrons. The van der Waals surface area contributed by atoms with E-state index in [0.717, 1.165) is 28.6 Å². The number of Topliss-reactive ketones (excluding diaryl/α,β-unsaturated/α-hetero) is 1. The molecule has 0 fully saturated rings. The van der Waals surface area contributed by atoms with Gasteiger partial charge in [-0.05, 0) is 57.6 Å². The lowest BCUT2D eigenvalue weighted by molar-refractivity contribution is -0.121. The Bertz CT molecular complexity index is 654. The van der Waals surface area contributed by atoms with Crippen molar-refractivity contribution in [3.8, 4) is 5.75 Å². The third-order valence-corrected chi connectivity index (χ3v) is 4.72. The number of halogens is 1. The molecule has 0 heterocycles. The molecule has 1 aliphatic carbocycles. The summed E-state index contributed by atoms with van der Waals surface area (Å²) in [5.74, 6) is 1.24. The lowest BCUT2D eigenvalue weighted by Gasteiger charge is -2.09. The van der Waals surface area contributed by atoms with Crippen LogP contribution in [0.2, 0.25) is 0 Å². The van der Waals surface area contributed by atoms with Gasteiger partial charge in [0.05, 0.1) is 11.6 Å². The van der Waals surface area contributed by atoms with Gasteiger partial charge in [0, 0.05) is 12.3 Å². The maximum atomic E-state index is 12.5. The molecule has 1 aliphatic rings. The Morgan fingerprint density at radius 2 is 1.86 bits per heavy atom. The SMILES string of the molecule is COc1ccc(CC(=O)C2Cc3ccccc3C2)cc1Br. The Labute approximate surface area is 133 Å². The maximum Gasteiger partial charge on any atom is 0.140 e. The predicted molar refractivity (Wildman–Crippen MR) is 86.7 cm³/mol. The minimum Gasteiger partial charge on any atom is -0.496 e. The first-order valence-corrected chi connectivity index (χ1v) is 7.88. The highest BCUT2D eigenvalue weighted by molar-refractivity contribution is 9.10. The van der Waals surface area contributed by atoms with Gasteiger partial charge in [-0.3, -0.25) is 4.79 Å². The molecule has 0 atom stereocenters. The van der Waals surface area contributed by atoms with E-state index in [4.69, 9.17) is 4.74 Å². The molecule has 0 radical (unpaired) electrons. The van der Waals surface area contributed by atoms with Crippen LogP contribution in [0.1, 0.15) is 16.7 Å². The summed E-state index contributed by atoms with van der Waals surface area (Å²) in [6.07, 6.45) is 2.25. The van der Waals surface area contributed by atoms with Gasteiger partial charge in [0.2, 0.25) is 0 Å². The zero-order chi connectivity index (χ0) is 14.8. The fraction of sp³-hybridized carbons (Fsp3) is 0.278. The van der Waals surface area contributed by atoms with Crippen molar-refractivity contribution in [1.29, 1.82) is 0 Å². The Morgan fingerprint density at radius 3 is 2.43 bits per heavy atom. The fourth-order valence-electron chi connectivity index (χ4n) is 2.95. The van der Waals surface area contributed by atoms with Gasteiger partial charge in [-0.2, -0.15) is 0 Å². The van der Waals surface area contributed by atoms with Crippen LogP contribution in [0.3, 0.4) is 0 Å². The molecule has 0 aromatic heterocycles. The molecule has 0 saturated carbocycles. The quantitative estimate of drug-likeness (QED) is 0.838. The van der Waals surface area contributed by atoms with Gasteiger partial charge < -0.3 is 4.74 Å². The standard InChI is InChI=1S/C18H17BrO2/c1-21-18-7-6-12(8-16(18)19)9-17(20)15-10-13-4-2-3-5-14(13)11-15/h2-8,15H,9-11H2,1H3. The van der Waals surface area contributed by atoms with Gasteiger partial charge >= 0.3 is 0 Å².